The number of para-hydroxylation sites is 1. The molecular weight excluding hydrogens is 356 g/mol. The highest BCUT2D eigenvalue weighted by Crippen LogP contribution is 2.17. The molecule has 8 heteroatoms. The second-order valence-corrected chi connectivity index (χ2v) is 6.50. The van der Waals surface area contributed by atoms with Crippen LogP contribution in [-0.4, -0.2) is 30.3 Å². The van der Waals surface area contributed by atoms with Gasteiger partial charge in [0.1, 0.15) is 11.2 Å². The van der Waals surface area contributed by atoms with Gasteiger partial charge in [0.05, 0.1) is 16.9 Å². The van der Waals surface area contributed by atoms with Crippen LogP contribution in [0.4, 0.5) is 5.69 Å². The van der Waals surface area contributed by atoms with Gasteiger partial charge in [0.25, 0.3) is 11.5 Å². The zero-order chi connectivity index (χ0) is 19.8. The molecule has 1 N–H and O–H groups in total. The van der Waals surface area contributed by atoms with Gasteiger partial charge >= 0.3 is 0 Å². The number of rotatable bonds is 4. The predicted molar refractivity (Wildman–Crippen MR) is 107 cm³/mol. The minimum Gasteiger partial charge on any atom is -0.316 e. The van der Waals surface area contributed by atoms with Crippen molar-refractivity contribution in [3.8, 4) is 5.69 Å². The highest BCUT2D eigenvalue weighted by Gasteiger charge is 2.19. The van der Waals surface area contributed by atoms with E-state index in [2.05, 4.69) is 15.6 Å². The number of hydrogen-bond donors (Lipinski definition) is 1. The predicted octanol–water partition coefficient (Wildman–Crippen LogP) is 2.50. The molecule has 0 unspecified atom stereocenters. The van der Waals surface area contributed by atoms with Crippen molar-refractivity contribution in [1.82, 2.24) is 24.4 Å². The maximum absolute atomic E-state index is 12.9. The van der Waals surface area contributed by atoms with E-state index in [0.29, 0.717) is 23.3 Å². The van der Waals surface area contributed by atoms with Crippen molar-refractivity contribution >= 4 is 22.6 Å². The van der Waals surface area contributed by atoms with Crippen molar-refractivity contribution < 1.29 is 4.79 Å². The van der Waals surface area contributed by atoms with Crippen molar-refractivity contribution in [3.63, 3.8) is 0 Å². The molecule has 1 amide bonds. The van der Waals surface area contributed by atoms with Gasteiger partial charge in [0.2, 0.25) is 0 Å². The quantitative estimate of drug-likeness (QED) is 0.593. The van der Waals surface area contributed by atoms with Crippen LogP contribution in [0.5, 0.6) is 0 Å². The smallest absolute Gasteiger partial charge is 0.295 e. The van der Waals surface area contributed by atoms with Crippen LogP contribution in [0.25, 0.3) is 16.7 Å². The molecule has 0 radical (unpaired) electrons. The summed E-state index contributed by atoms with van der Waals surface area (Å²) in [4.78, 5) is 25.7. The highest BCUT2D eigenvalue weighted by atomic mass is 16.2. The Morgan fingerprint density at radius 1 is 1.14 bits per heavy atom. The van der Waals surface area contributed by atoms with Gasteiger partial charge in [-0.25, -0.2) is 9.36 Å². The largest absolute Gasteiger partial charge is 0.316 e. The van der Waals surface area contributed by atoms with E-state index in [4.69, 9.17) is 0 Å². The molecule has 0 aliphatic rings. The molecular formula is C20H20N6O2. The Bertz CT molecular complexity index is 1230. The summed E-state index contributed by atoms with van der Waals surface area (Å²) in [7, 11) is 1.79. The van der Waals surface area contributed by atoms with Gasteiger partial charge in [-0.1, -0.05) is 23.4 Å². The van der Waals surface area contributed by atoms with E-state index in [1.807, 2.05) is 43.3 Å². The number of nitrogens with one attached hydrogen (secondary N) is 1. The average Bonchev–Trinajstić information content (AvgIpc) is 3.22. The summed E-state index contributed by atoms with van der Waals surface area (Å²) in [5, 5.41) is 10.9. The number of carbonyl (C=O) groups is 1. The Morgan fingerprint density at radius 3 is 2.61 bits per heavy atom. The van der Waals surface area contributed by atoms with E-state index in [9.17, 15) is 9.59 Å². The molecule has 2 heterocycles. The maximum atomic E-state index is 12.9. The van der Waals surface area contributed by atoms with Gasteiger partial charge in [-0.15, -0.1) is 5.10 Å². The van der Waals surface area contributed by atoms with Crippen molar-refractivity contribution in [2.45, 2.75) is 20.4 Å². The zero-order valence-corrected chi connectivity index (χ0v) is 15.9. The third kappa shape index (κ3) is 2.79. The molecule has 2 aromatic carbocycles. The Morgan fingerprint density at radius 2 is 1.89 bits per heavy atom. The second kappa shape index (κ2) is 6.80. The molecule has 28 heavy (non-hydrogen) atoms. The molecule has 0 bridgehead atoms. The number of aromatic nitrogens is 5. The third-order valence-corrected chi connectivity index (χ3v) is 4.87. The van der Waals surface area contributed by atoms with Crippen molar-refractivity contribution in [1.29, 1.82) is 0 Å². The molecule has 0 fully saturated rings. The molecule has 4 aromatic rings. The number of carbonyl (C=O) groups excluding carboxylic acids is 1. The van der Waals surface area contributed by atoms with E-state index >= 15 is 0 Å². The summed E-state index contributed by atoms with van der Waals surface area (Å²) in [6, 6.07) is 14.5. The molecule has 0 aliphatic heterocycles. The van der Waals surface area contributed by atoms with Crippen LogP contribution in [0.2, 0.25) is 0 Å². The summed E-state index contributed by atoms with van der Waals surface area (Å²) >= 11 is 0. The lowest BCUT2D eigenvalue weighted by molar-refractivity contribution is 0.102. The first-order chi connectivity index (χ1) is 13.5. The Balaban J connectivity index is 1.70. The number of fused-ring (bicyclic) bond motifs is 1. The fraction of sp³-hybridized carbons (Fsp3) is 0.200. The first-order valence-electron chi connectivity index (χ1n) is 9.00. The zero-order valence-electron chi connectivity index (χ0n) is 15.9. The summed E-state index contributed by atoms with van der Waals surface area (Å²) in [5.74, 6) is -0.362. The van der Waals surface area contributed by atoms with Crippen LogP contribution < -0.4 is 10.9 Å². The standard InChI is InChI=1S/C20H20N6O2/c1-4-25-17-11-10-14(12-16(17)22-23-25)19(27)21-18-13(2)24(3)26(20(18)28)15-8-6-5-7-9-15/h5-12H,4H2,1-3H3,(H,21,27). The van der Waals surface area contributed by atoms with Crippen LogP contribution in [0.15, 0.2) is 53.3 Å². The fourth-order valence-corrected chi connectivity index (χ4v) is 3.24. The van der Waals surface area contributed by atoms with E-state index in [0.717, 1.165) is 11.2 Å². The highest BCUT2D eigenvalue weighted by molar-refractivity contribution is 6.06. The summed E-state index contributed by atoms with van der Waals surface area (Å²) in [6.45, 7) is 4.47. The minimum absolute atomic E-state index is 0.258. The fourth-order valence-electron chi connectivity index (χ4n) is 3.24. The minimum atomic E-state index is -0.362. The SMILES string of the molecule is CCn1nnc2cc(C(=O)Nc3c(C)n(C)n(-c4ccccc4)c3=O)ccc21. The molecule has 0 saturated heterocycles. The lowest BCUT2D eigenvalue weighted by Crippen LogP contribution is -2.22. The van der Waals surface area contributed by atoms with E-state index in [-0.39, 0.29) is 17.2 Å². The molecule has 0 saturated carbocycles. The van der Waals surface area contributed by atoms with Crippen molar-refractivity contribution in [2.75, 3.05) is 5.32 Å². The first-order valence-corrected chi connectivity index (χ1v) is 9.00. The molecule has 4 rings (SSSR count). The van der Waals surface area contributed by atoms with Gasteiger partial charge in [-0.2, -0.15) is 0 Å². The number of aryl methyl sites for hydroxylation is 1. The Kier molecular flexibility index (Phi) is 4.31. The van der Waals surface area contributed by atoms with Gasteiger partial charge < -0.3 is 5.32 Å². The first kappa shape index (κ1) is 17.7. The summed E-state index contributed by atoms with van der Waals surface area (Å²) < 4.78 is 5.02. The third-order valence-electron chi connectivity index (χ3n) is 4.87. The molecule has 0 atom stereocenters. The van der Waals surface area contributed by atoms with Crippen LogP contribution in [-0.2, 0) is 13.6 Å². The molecule has 142 valence electrons. The van der Waals surface area contributed by atoms with Gasteiger partial charge in [0, 0.05) is 19.2 Å². The van der Waals surface area contributed by atoms with E-state index in [1.54, 1.807) is 35.5 Å². The lowest BCUT2D eigenvalue weighted by Gasteiger charge is -2.07. The van der Waals surface area contributed by atoms with Crippen LogP contribution >= 0.6 is 0 Å². The number of amides is 1. The van der Waals surface area contributed by atoms with Gasteiger partial charge in [0.15, 0.2) is 0 Å². The van der Waals surface area contributed by atoms with Crippen LogP contribution in [0, 0.1) is 6.92 Å². The molecule has 8 nitrogen and oxygen atoms in total. The normalized spacial score (nSPS) is 11.1. The monoisotopic (exact) mass is 376 g/mol. The average molecular weight is 376 g/mol. The van der Waals surface area contributed by atoms with Crippen molar-refractivity contribution in [2.24, 2.45) is 7.05 Å². The summed E-state index contributed by atoms with van der Waals surface area (Å²) in [5.41, 5.74) is 3.30. The number of anilines is 1. The molecule has 0 aliphatic carbocycles. The van der Waals surface area contributed by atoms with Crippen LogP contribution in [0.1, 0.15) is 23.0 Å². The van der Waals surface area contributed by atoms with Crippen molar-refractivity contribution in [3.05, 3.63) is 70.1 Å². The number of nitrogens with zero attached hydrogens (tertiary/aromatic N) is 5. The number of benzene rings is 2. The molecule has 2 aromatic heterocycles. The molecule has 0 spiro atoms. The Labute approximate surface area is 161 Å². The van der Waals surface area contributed by atoms with Gasteiger partial charge in [-0.3, -0.25) is 14.3 Å². The van der Waals surface area contributed by atoms with E-state index < -0.39 is 0 Å². The second-order valence-electron chi connectivity index (χ2n) is 6.50. The Hall–Kier alpha value is -3.68. The lowest BCUT2D eigenvalue weighted by atomic mass is 10.2. The van der Waals surface area contributed by atoms with Gasteiger partial charge in [-0.05, 0) is 44.2 Å². The topological polar surface area (TPSA) is 86.7 Å². The summed E-state index contributed by atoms with van der Waals surface area (Å²) in [6.07, 6.45) is 0. The van der Waals surface area contributed by atoms with E-state index in [1.165, 1.54) is 4.68 Å². The maximum Gasteiger partial charge on any atom is 0.295 e. The van der Waals surface area contributed by atoms with Crippen LogP contribution in [0.3, 0.4) is 0 Å². The number of hydrogen-bond acceptors (Lipinski definition) is 4.